The van der Waals surface area contributed by atoms with Crippen molar-refractivity contribution in [3.63, 3.8) is 0 Å². The average molecular weight is 478 g/mol. The van der Waals surface area contributed by atoms with Crippen LogP contribution >= 0.6 is 0 Å². The van der Waals surface area contributed by atoms with E-state index in [1.165, 1.54) is 17.7 Å². The highest BCUT2D eigenvalue weighted by molar-refractivity contribution is 5.99. The van der Waals surface area contributed by atoms with Gasteiger partial charge >= 0.3 is 5.97 Å². The number of carboxylic acid groups (broad SMARTS) is 1. The van der Waals surface area contributed by atoms with Gasteiger partial charge in [0.2, 0.25) is 0 Å². The van der Waals surface area contributed by atoms with Crippen molar-refractivity contribution in [1.82, 2.24) is 14.8 Å². The number of aromatic nitrogens is 3. The summed E-state index contributed by atoms with van der Waals surface area (Å²) in [5.41, 5.74) is 4.20. The average Bonchev–Trinajstić information content (AvgIpc) is 3.41. The zero-order valence-corrected chi connectivity index (χ0v) is 20.7. The number of ether oxygens (including phenoxy) is 1. The number of aromatic amines is 1. The summed E-state index contributed by atoms with van der Waals surface area (Å²) in [6.45, 7) is 6.71. The molecule has 0 atom stereocenters. The Balaban J connectivity index is 1.80. The summed E-state index contributed by atoms with van der Waals surface area (Å²) in [5, 5.41) is 19.2. The van der Waals surface area contributed by atoms with Crippen molar-refractivity contribution in [3.05, 3.63) is 59.7 Å². The standard InChI is InChI=1S/C28H32FN3O3/c1-27(2,16-35-4)25-24(17-9-11-28(3,12-10-17)26(33)34)21-14-22-18(15-30-31-22)13-23(21)32(25)20-7-5-19(29)6-8-20/h5-8,13-15,17H,9-12,16H2,1-4H3,(H,30,31)(H,33,34). The van der Waals surface area contributed by atoms with Crippen LogP contribution in [-0.2, 0) is 14.9 Å². The van der Waals surface area contributed by atoms with E-state index in [0.29, 0.717) is 19.4 Å². The quantitative estimate of drug-likeness (QED) is 0.341. The number of carbonyl (C=O) groups is 1. The number of fused-ring (bicyclic) bond motifs is 2. The number of nitrogens with zero attached hydrogens (tertiary/aromatic N) is 2. The lowest BCUT2D eigenvalue weighted by molar-refractivity contribution is -0.149. The van der Waals surface area contributed by atoms with E-state index in [-0.39, 0.29) is 17.2 Å². The molecule has 0 spiro atoms. The highest BCUT2D eigenvalue weighted by atomic mass is 19.1. The number of H-pyrrole nitrogens is 1. The summed E-state index contributed by atoms with van der Waals surface area (Å²) in [6, 6.07) is 10.9. The summed E-state index contributed by atoms with van der Waals surface area (Å²) in [7, 11) is 1.71. The number of halogens is 1. The highest BCUT2D eigenvalue weighted by Gasteiger charge is 2.41. The van der Waals surface area contributed by atoms with Gasteiger partial charge in [-0.3, -0.25) is 9.89 Å². The molecular weight excluding hydrogens is 445 g/mol. The molecule has 2 N–H and O–H groups in total. The largest absolute Gasteiger partial charge is 0.481 e. The number of benzene rings is 2. The van der Waals surface area contributed by atoms with Crippen LogP contribution in [-0.4, -0.2) is 39.6 Å². The van der Waals surface area contributed by atoms with E-state index in [9.17, 15) is 14.3 Å². The molecule has 4 aromatic rings. The van der Waals surface area contributed by atoms with E-state index in [4.69, 9.17) is 4.74 Å². The van der Waals surface area contributed by atoms with Gasteiger partial charge in [0.25, 0.3) is 0 Å². The van der Waals surface area contributed by atoms with E-state index in [1.54, 1.807) is 7.11 Å². The second kappa shape index (κ2) is 8.48. The topological polar surface area (TPSA) is 80.1 Å². The minimum Gasteiger partial charge on any atom is -0.481 e. The van der Waals surface area contributed by atoms with Crippen LogP contribution in [0.4, 0.5) is 4.39 Å². The van der Waals surface area contributed by atoms with E-state index in [0.717, 1.165) is 46.0 Å². The monoisotopic (exact) mass is 477 g/mol. The zero-order valence-electron chi connectivity index (χ0n) is 20.7. The fourth-order valence-electron chi connectivity index (χ4n) is 5.87. The summed E-state index contributed by atoms with van der Waals surface area (Å²) >= 11 is 0. The Bertz CT molecular complexity index is 1390. The van der Waals surface area contributed by atoms with Crippen molar-refractivity contribution in [2.24, 2.45) is 5.41 Å². The lowest BCUT2D eigenvalue weighted by Gasteiger charge is -2.36. The Morgan fingerprint density at radius 3 is 2.57 bits per heavy atom. The molecule has 0 aliphatic heterocycles. The fourth-order valence-corrected chi connectivity index (χ4v) is 5.87. The number of hydrogen-bond acceptors (Lipinski definition) is 3. The smallest absolute Gasteiger partial charge is 0.309 e. The third-order valence-corrected chi connectivity index (χ3v) is 7.81. The first-order valence-corrected chi connectivity index (χ1v) is 12.1. The molecule has 0 saturated heterocycles. The van der Waals surface area contributed by atoms with E-state index >= 15 is 0 Å². The first kappa shape index (κ1) is 23.5. The molecule has 2 heterocycles. The van der Waals surface area contributed by atoms with Crippen LogP contribution in [0.5, 0.6) is 0 Å². The van der Waals surface area contributed by atoms with E-state index in [2.05, 4.69) is 40.7 Å². The van der Waals surface area contributed by atoms with E-state index in [1.807, 2.05) is 25.3 Å². The van der Waals surface area contributed by atoms with Crippen molar-refractivity contribution < 1.29 is 19.0 Å². The SMILES string of the molecule is COCC(C)(C)c1c(C2CCC(C)(C(=O)O)CC2)c2cc3[nH]ncc3cc2n1-c1ccc(F)cc1. The number of carboxylic acids is 1. The second-order valence-electron chi connectivity index (χ2n) is 10.9. The Hall–Kier alpha value is -3.19. The minimum absolute atomic E-state index is 0.207. The number of rotatable bonds is 6. The number of methoxy groups -OCH3 is 1. The molecule has 0 radical (unpaired) electrons. The minimum atomic E-state index is -0.719. The van der Waals surface area contributed by atoms with Crippen LogP contribution in [0.3, 0.4) is 0 Å². The summed E-state index contributed by atoms with van der Waals surface area (Å²) in [6.07, 6.45) is 4.67. The maximum atomic E-state index is 13.9. The van der Waals surface area contributed by atoms with Gasteiger partial charge < -0.3 is 14.4 Å². The van der Waals surface area contributed by atoms with Gasteiger partial charge in [-0.05, 0) is 80.5 Å². The fraction of sp³-hybridized carbons (Fsp3) is 0.429. The molecule has 35 heavy (non-hydrogen) atoms. The second-order valence-corrected chi connectivity index (χ2v) is 10.9. The predicted octanol–water partition coefficient (Wildman–Crippen LogP) is 6.32. The number of hydrogen-bond donors (Lipinski definition) is 2. The lowest BCUT2D eigenvalue weighted by atomic mass is 9.68. The molecule has 1 saturated carbocycles. The van der Waals surface area contributed by atoms with Crippen LogP contribution in [0.2, 0.25) is 0 Å². The molecule has 6 nitrogen and oxygen atoms in total. The molecule has 1 aliphatic rings. The third-order valence-electron chi connectivity index (χ3n) is 7.81. The number of nitrogens with one attached hydrogen (secondary N) is 1. The molecule has 7 heteroatoms. The van der Waals surface area contributed by atoms with Crippen molar-refractivity contribution in [1.29, 1.82) is 0 Å². The summed E-state index contributed by atoms with van der Waals surface area (Å²) in [4.78, 5) is 11.9. The molecule has 2 aromatic carbocycles. The van der Waals surface area contributed by atoms with Crippen LogP contribution in [0.1, 0.15) is 63.6 Å². The normalized spacial score (nSPS) is 21.1. The third kappa shape index (κ3) is 3.92. The molecule has 1 aliphatic carbocycles. The molecular formula is C28H32FN3O3. The molecule has 184 valence electrons. The zero-order chi connectivity index (χ0) is 25.0. The highest BCUT2D eigenvalue weighted by Crippen LogP contribution is 2.49. The first-order chi connectivity index (χ1) is 16.6. The first-order valence-electron chi connectivity index (χ1n) is 12.1. The van der Waals surface area contributed by atoms with Gasteiger partial charge in [0.1, 0.15) is 5.82 Å². The molecule has 0 amide bonds. The van der Waals surface area contributed by atoms with Gasteiger partial charge in [0.05, 0.1) is 29.3 Å². The van der Waals surface area contributed by atoms with Gasteiger partial charge in [0.15, 0.2) is 0 Å². The Labute approximate surface area is 204 Å². The van der Waals surface area contributed by atoms with Crippen molar-refractivity contribution >= 4 is 27.8 Å². The van der Waals surface area contributed by atoms with Gasteiger partial charge in [-0.15, -0.1) is 0 Å². The Kier molecular flexibility index (Phi) is 5.71. The maximum Gasteiger partial charge on any atom is 0.309 e. The summed E-state index contributed by atoms with van der Waals surface area (Å²) in [5.74, 6) is -0.789. The number of aliphatic carboxylic acids is 1. The van der Waals surface area contributed by atoms with Gasteiger partial charge in [-0.1, -0.05) is 13.8 Å². The maximum absolute atomic E-state index is 13.9. The molecule has 1 fully saturated rings. The van der Waals surface area contributed by atoms with Crippen LogP contribution in [0.25, 0.3) is 27.5 Å². The van der Waals surface area contributed by atoms with Crippen molar-refractivity contribution in [3.8, 4) is 5.69 Å². The van der Waals surface area contributed by atoms with Crippen molar-refractivity contribution in [2.75, 3.05) is 13.7 Å². The molecule has 5 rings (SSSR count). The lowest BCUT2D eigenvalue weighted by Crippen LogP contribution is -2.33. The Morgan fingerprint density at radius 2 is 1.94 bits per heavy atom. The van der Waals surface area contributed by atoms with Gasteiger partial charge in [0, 0.05) is 34.7 Å². The van der Waals surface area contributed by atoms with Crippen LogP contribution in [0, 0.1) is 11.2 Å². The summed E-state index contributed by atoms with van der Waals surface area (Å²) < 4.78 is 21.8. The van der Waals surface area contributed by atoms with Crippen LogP contribution in [0.15, 0.2) is 42.6 Å². The molecule has 0 unspecified atom stereocenters. The van der Waals surface area contributed by atoms with Gasteiger partial charge in [-0.25, -0.2) is 4.39 Å². The van der Waals surface area contributed by atoms with E-state index < -0.39 is 11.4 Å². The molecule has 0 bridgehead atoms. The molecule has 2 aromatic heterocycles. The van der Waals surface area contributed by atoms with Crippen molar-refractivity contribution in [2.45, 2.75) is 57.8 Å². The van der Waals surface area contributed by atoms with Crippen LogP contribution < -0.4 is 0 Å². The van der Waals surface area contributed by atoms with Gasteiger partial charge in [-0.2, -0.15) is 5.10 Å². The predicted molar refractivity (Wildman–Crippen MR) is 135 cm³/mol. The Morgan fingerprint density at radius 1 is 1.26 bits per heavy atom.